The van der Waals surface area contributed by atoms with Crippen LogP contribution in [0.15, 0.2) is 10.5 Å². The molecule has 0 bridgehead atoms. The SMILES string of the molecule is Cc1nc(C2CC(c3sc(Cl)cc3CCO)CC(C)N2)oc1C. The summed E-state index contributed by atoms with van der Waals surface area (Å²) in [5.41, 5.74) is 2.14. The number of piperidine rings is 1. The Kier molecular flexibility index (Phi) is 5.11. The van der Waals surface area contributed by atoms with Gasteiger partial charge in [-0.25, -0.2) is 4.98 Å². The van der Waals surface area contributed by atoms with Gasteiger partial charge in [-0.1, -0.05) is 11.6 Å². The minimum Gasteiger partial charge on any atom is -0.444 e. The second kappa shape index (κ2) is 6.93. The predicted molar refractivity (Wildman–Crippen MR) is 93.4 cm³/mol. The van der Waals surface area contributed by atoms with Crippen molar-refractivity contribution in [2.75, 3.05) is 6.61 Å². The number of oxazole rings is 1. The molecule has 4 nitrogen and oxygen atoms in total. The van der Waals surface area contributed by atoms with Crippen LogP contribution in [-0.2, 0) is 6.42 Å². The summed E-state index contributed by atoms with van der Waals surface area (Å²) in [6, 6.07) is 2.51. The summed E-state index contributed by atoms with van der Waals surface area (Å²) < 4.78 is 6.63. The van der Waals surface area contributed by atoms with Gasteiger partial charge in [0.15, 0.2) is 0 Å². The van der Waals surface area contributed by atoms with Gasteiger partial charge in [0.2, 0.25) is 5.89 Å². The molecular weight excluding hydrogens is 332 g/mol. The summed E-state index contributed by atoms with van der Waals surface area (Å²) in [5.74, 6) is 2.09. The highest BCUT2D eigenvalue weighted by molar-refractivity contribution is 7.16. The molecule has 126 valence electrons. The van der Waals surface area contributed by atoms with Gasteiger partial charge in [0.1, 0.15) is 5.76 Å². The van der Waals surface area contributed by atoms with Crippen LogP contribution in [0.25, 0.3) is 0 Å². The zero-order valence-corrected chi connectivity index (χ0v) is 15.3. The lowest BCUT2D eigenvalue weighted by Gasteiger charge is -2.33. The lowest BCUT2D eigenvalue weighted by Crippen LogP contribution is -2.38. The number of nitrogens with zero attached hydrogens (tertiary/aromatic N) is 1. The van der Waals surface area contributed by atoms with Gasteiger partial charge in [0.25, 0.3) is 0 Å². The van der Waals surface area contributed by atoms with Gasteiger partial charge in [-0.15, -0.1) is 11.3 Å². The summed E-state index contributed by atoms with van der Waals surface area (Å²) in [7, 11) is 0. The van der Waals surface area contributed by atoms with Crippen LogP contribution in [0.1, 0.15) is 59.5 Å². The van der Waals surface area contributed by atoms with Crippen molar-refractivity contribution in [2.24, 2.45) is 0 Å². The molecule has 2 aromatic heterocycles. The van der Waals surface area contributed by atoms with E-state index in [-0.39, 0.29) is 12.6 Å². The molecule has 0 aliphatic carbocycles. The first kappa shape index (κ1) is 17.0. The summed E-state index contributed by atoms with van der Waals surface area (Å²) >= 11 is 7.87. The largest absolute Gasteiger partial charge is 0.444 e. The van der Waals surface area contributed by atoms with Crippen molar-refractivity contribution < 1.29 is 9.52 Å². The molecule has 0 aromatic carbocycles. The second-order valence-electron chi connectivity index (χ2n) is 6.40. The first-order valence-corrected chi connectivity index (χ1v) is 9.26. The average Bonchev–Trinajstić information content (AvgIpc) is 3.02. The Morgan fingerprint density at radius 1 is 1.43 bits per heavy atom. The first-order chi connectivity index (χ1) is 11.0. The molecule has 2 aromatic rings. The summed E-state index contributed by atoms with van der Waals surface area (Å²) in [5, 5.41) is 12.9. The molecule has 23 heavy (non-hydrogen) atoms. The van der Waals surface area contributed by atoms with Crippen molar-refractivity contribution in [3.8, 4) is 0 Å². The van der Waals surface area contributed by atoms with E-state index < -0.39 is 0 Å². The molecular formula is C17H23ClN2O2S. The van der Waals surface area contributed by atoms with Crippen molar-refractivity contribution >= 4 is 22.9 Å². The van der Waals surface area contributed by atoms with E-state index in [1.807, 2.05) is 19.9 Å². The Morgan fingerprint density at radius 2 is 2.22 bits per heavy atom. The lowest BCUT2D eigenvalue weighted by molar-refractivity contribution is 0.265. The summed E-state index contributed by atoms with van der Waals surface area (Å²) in [4.78, 5) is 5.88. The minimum absolute atomic E-state index is 0.124. The molecule has 1 aliphatic rings. The second-order valence-corrected chi connectivity index (χ2v) is 8.11. The number of aliphatic hydroxyl groups excluding tert-OH is 1. The lowest BCUT2D eigenvalue weighted by atomic mass is 9.85. The van der Waals surface area contributed by atoms with Crippen molar-refractivity contribution in [1.29, 1.82) is 0 Å². The number of aliphatic hydroxyl groups is 1. The number of rotatable bonds is 4. The first-order valence-electron chi connectivity index (χ1n) is 8.06. The van der Waals surface area contributed by atoms with E-state index in [0.717, 1.165) is 34.5 Å². The van der Waals surface area contributed by atoms with Crippen molar-refractivity contribution in [3.05, 3.63) is 38.2 Å². The number of hydrogen-bond donors (Lipinski definition) is 2. The van der Waals surface area contributed by atoms with E-state index in [0.29, 0.717) is 18.4 Å². The van der Waals surface area contributed by atoms with Gasteiger partial charge in [-0.3, -0.25) is 0 Å². The maximum absolute atomic E-state index is 9.29. The van der Waals surface area contributed by atoms with Gasteiger partial charge >= 0.3 is 0 Å². The van der Waals surface area contributed by atoms with Crippen LogP contribution < -0.4 is 5.32 Å². The van der Waals surface area contributed by atoms with Gasteiger partial charge in [-0.05, 0) is 57.6 Å². The zero-order valence-electron chi connectivity index (χ0n) is 13.7. The topological polar surface area (TPSA) is 58.3 Å². The van der Waals surface area contributed by atoms with E-state index in [1.54, 1.807) is 11.3 Å². The Bertz CT molecular complexity index is 663. The van der Waals surface area contributed by atoms with Crippen molar-refractivity contribution in [3.63, 3.8) is 0 Å². The monoisotopic (exact) mass is 354 g/mol. The molecule has 0 amide bonds. The fourth-order valence-corrected chi connectivity index (χ4v) is 4.83. The molecule has 0 spiro atoms. The Hall–Kier alpha value is -0.880. The summed E-state index contributed by atoms with van der Waals surface area (Å²) in [6.45, 7) is 6.28. The van der Waals surface area contributed by atoms with Crippen LogP contribution >= 0.6 is 22.9 Å². The standard InChI is InChI=1S/C17H23ClN2O2S/c1-9-6-13(16-12(4-5-21)8-15(18)23-16)7-14(19-9)17-20-10(2)11(3)22-17/h8-9,13-14,19,21H,4-7H2,1-3H3. The van der Waals surface area contributed by atoms with Crippen LogP contribution in [0.5, 0.6) is 0 Å². The van der Waals surface area contributed by atoms with Crippen LogP contribution in [0.4, 0.5) is 0 Å². The molecule has 0 radical (unpaired) electrons. The molecule has 2 N–H and O–H groups in total. The molecule has 0 saturated carbocycles. The van der Waals surface area contributed by atoms with Crippen molar-refractivity contribution in [2.45, 2.75) is 58.0 Å². The fraction of sp³-hybridized carbons (Fsp3) is 0.588. The highest BCUT2D eigenvalue weighted by Crippen LogP contribution is 2.42. The van der Waals surface area contributed by atoms with Gasteiger partial charge < -0.3 is 14.8 Å². The van der Waals surface area contributed by atoms with E-state index in [2.05, 4.69) is 17.2 Å². The average molecular weight is 355 g/mol. The van der Waals surface area contributed by atoms with Crippen LogP contribution in [0.3, 0.4) is 0 Å². The number of aryl methyl sites for hydroxylation is 2. The molecule has 1 fully saturated rings. The van der Waals surface area contributed by atoms with Crippen LogP contribution in [0.2, 0.25) is 4.34 Å². The highest BCUT2D eigenvalue weighted by atomic mass is 35.5. The number of halogens is 1. The quantitative estimate of drug-likeness (QED) is 0.866. The third-order valence-electron chi connectivity index (χ3n) is 4.55. The molecule has 3 heterocycles. The third-order valence-corrected chi connectivity index (χ3v) is 6.02. The number of aromatic nitrogens is 1. The third kappa shape index (κ3) is 3.63. The molecule has 1 aliphatic heterocycles. The maximum atomic E-state index is 9.29. The maximum Gasteiger partial charge on any atom is 0.211 e. The Balaban J connectivity index is 1.86. The van der Waals surface area contributed by atoms with E-state index in [9.17, 15) is 5.11 Å². The van der Waals surface area contributed by atoms with Gasteiger partial charge in [0, 0.05) is 17.5 Å². The zero-order chi connectivity index (χ0) is 16.6. The van der Waals surface area contributed by atoms with Gasteiger partial charge in [-0.2, -0.15) is 0 Å². The number of thiophene rings is 1. The molecule has 3 rings (SSSR count). The predicted octanol–water partition coefficient (Wildman–Crippen LogP) is 4.14. The molecule has 3 atom stereocenters. The number of hydrogen-bond acceptors (Lipinski definition) is 5. The Labute approximate surface area is 145 Å². The smallest absolute Gasteiger partial charge is 0.211 e. The molecule has 3 unspecified atom stereocenters. The normalized spacial score (nSPS) is 25.0. The van der Waals surface area contributed by atoms with Crippen molar-refractivity contribution in [1.82, 2.24) is 10.3 Å². The highest BCUT2D eigenvalue weighted by Gasteiger charge is 2.32. The van der Waals surface area contributed by atoms with Gasteiger partial charge in [0.05, 0.1) is 16.1 Å². The van der Waals surface area contributed by atoms with E-state index >= 15 is 0 Å². The fourth-order valence-electron chi connectivity index (χ4n) is 3.39. The van der Waals surface area contributed by atoms with Crippen LogP contribution in [0, 0.1) is 13.8 Å². The summed E-state index contributed by atoms with van der Waals surface area (Å²) in [6.07, 6.45) is 2.67. The number of nitrogens with one attached hydrogen (secondary N) is 1. The van der Waals surface area contributed by atoms with E-state index in [4.69, 9.17) is 16.0 Å². The van der Waals surface area contributed by atoms with Crippen LogP contribution in [-0.4, -0.2) is 22.7 Å². The molecule has 6 heteroatoms. The molecule has 1 saturated heterocycles. The minimum atomic E-state index is 0.124. The van der Waals surface area contributed by atoms with E-state index in [1.165, 1.54) is 10.4 Å². The Morgan fingerprint density at radius 3 is 2.87 bits per heavy atom.